The molecule has 2 rings (SSSR count). The molecule has 0 saturated heterocycles. The van der Waals surface area contributed by atoms with Crippen molar-refractivity contribution < 1.29 is 13.2 Å². The van der Waals surface area contributed by atoms with E-state index in [0.717, 1.165) is 21.8 Å². The third kappa shape index (κ3) is 4.54. The molecule has 0 aliphatic carbocycles. The quantitative estimate of drug-likeness (QED) is 0.867. The van der Waals surface area contributed by atoms with Crippen molar-refractivity contribution in [1.82, 2.24) is 9.62 Å². The molecule has 0 atom stereocenters. The van der Waals surface area contributed by atoms with E-state index in [1.165, 1.54) is 18.4 Å². The van der Waals surface area contributed by atoms with E-state index >= 15 is 0 Å². The van der Waals surface area contributed by atoms with E-state index in [-0.39, 0.29) is 16.8 Å². The van der Waals surface area contributed by atoms with Crippen LogP contribution in [0.15, 0.2) is 40.6 Å². The first-order valence-corrected chi connectivity index (χ1v) is 9.17. The minimum Gasteiger partial charge on any atom is -0.333 e. The number of hydrogen-bond donors (Lipinski definition) is 2. The second-order valence-electron chi connectivity index (χ2n) is 5.19. The van der Waals surface area contributed by atoms with Crippen LogP contribution in [0, 0.1) is 6.92 Å². The number of hydrogen-bond acceptors (Lipinski definition) is 4. The number of nitrogens with zero attached hydrogens (tertiary/aromatic N) is 1. The van der Waals surface area contributed by atoms with Crippen molar-refractivity contribution in [3.8, 4) is 0 Å². The molecule has 0 spiro atoms. The zero-order valence-electron chi connectivity index (χ0n) is 13.2. The molecule has 124 valence electrons. The monoisotopic (exact) mass is 353 g/mol. The summed E-state index contributed by atoms with van der Waals surface area (Å²) in [7, 11) is -0.448. The largest absolute Gasteiger partial charge is 0.333 e. The maximum Gasteiger partial charge on any atom is 0.319 e. The second-order valence-corrected chi connectivity index (χ2v) is 8.73. The van der Waals surface area contributed by atoms with Crippen LogP contribution in [0.2, 0.25) is 0 Å². The van der Waals surface area contributed by atoms with Crippen molar-refractivity contribution in [2.24, 2.45) is 0 Å². The molecule has 23 heavy (non-hydrogen) atoms. The summed E-state index contributed by atoms with van der Waals surface area (Å²) in [6.07, 6.45) is 0. The van der Waals surface area contributed by atoms with Gasteiger partial charge >= 0.3 is 6.03 Å². The fourth-order valence-corrected chi connectivity index (χ4v) is 4.30. The molecular weight excluding hydrogens is 334 g/mol. The minimum atomic E-state index is -3.42. The highest BCUT2D eigenvalue weighted by atomic mass is 32.2. The number of rotatable bonds is 5. The summed E-state index contributed by atoms with van der Waals surface area (Å²) in [5.74, 6) is 0. The van der Waals surface area contributed by atoms with Crippen LogP contribution in [0.4, 0.5) is 10.5 Å². The van der Waals surface area contributed by atoms with Gasteiger partial charge in [0.15, 0.2) is 0 Å². The van der Waals surface area contributed by atoms with Gasteiger partial charge in [-0.2, -0.15) is 0 Å². The Kier molecular flexibility index (Phi) is 5.40. The summed E-state index contributed by atoms with van der Waals surface area (Å²) < 4.78 is 25.4. The van der Waals surface area contributed by atoms with E-state index in [9.17, 15) is 13.2 Å². The third-order valence-electron chi connectivity index (χ3n) is 3.07. The van der Waals surface area contributed by atoms with Gasteiger partial charge in [-0.1, -0.05) is 12.1 Å². The number of carbonyl (C=O) groups is 1. The molecule has 0 bridgehead atoms. The molecule has 2 N–H and O–H groups in total. The van der Waals surface area contributed by atoms with Crippen molar-refractivity contribution in [1.29, 1.82) is 0 Å². The van der Waals surface area contributed by atoms with Crippen LogP contribution < -0.4 is 10.6 Å². The summed E-state index contributed by atoms with van der Waals surface area (Å²) in [5.41, 5.74) is 1.77. The Hall–Kier alpha value is -1.90. The molecule has 1 aromatic heterocycles. The summed E-state index contributed by atoms with van der Waals surface area (Å²) in [6.45, 7) is 2.21. The van der Waals surface area contributed by atoms with Crippen molar-refractivity contribution in [2.45, 2.75) is 17.7 Å². The normalized spacial score (nSPS) is 11.5. The molecule has 6 nitrogen and oxygen atoms in total. The maximum atomic E-state index is 12.0. The van der Waals surface area contributed by atoms with Gasteiger partial charge in [-0.3, -0.25) is 0 Å². The second kappa shape index (κ2) is 7.12. The fraction of sp³-hybridized carbons (Fsp3) is 0.267. The first kappa shape index (κ1) is 17.5. The van der Waals surface area contributed by atoms with Crippen LogP contribution in [0.5, 0.6) is 0 Å². The van der Waals surface area contributed by atoms with Gasteiger partial charge in [-0.15, -0.1) is 11.3 Å². The van der Waals surface area contributed by atoms with Gasteiger partial charge in [0.05, 0.1) is 6.54 Å². The first-order valence-electron chi connectivity index (χ1n) is 6.92. The van der Waals surface area contributed by atoms with E-state index < -0.39 is 10.0 Å². The van der Waals surface area contributed by atoms with Crippen molar-refractivity contribution in [3.05, 3.63) is 46.8 Å². The lowest BCUT2D eigenvalue weighted by atomic mass is 10.2. The SMILES string of the molecule is Cc1cccc(NC(=O)NCc2ccc(S(=O)(=O)N(C)C)s2)c1. The van der Waals surface area contributed by atoms with Gasteiger partial charge < -0.3 is 10.6 Å². The number of carbonyl (C=O) groups excluding carboxylic acids is 1. The fourth-order valence-electron chi connectivity index (χ4n) is 1.84. The summed E-state index contributed by atoms with van der Waals surface area (Å²) >= 11 is 1.15. The summed E-state index contributed by atoms with van der Waals surface area (Å²) in [5, 5.41) is 5.45. The van der Waals surface area contributed by atoms with Gasteiger partial charge in [0.25, 0.3) is 10.0 Å². The van der Waals surface area contributed by atoms with E-state index in [4.69, 9.17) is 0 Å². The lowest BCUT2D eigenvalue weighted by Crippen LogP contribution is -2.27. The number of benzene rings is 1. The van der Waals surface area contributed by atoms with Gasteiger partial charge in [-0.05, 0) is 36.8 Å². The molecule has 8 heteroatoms. The highest BCUT2D eigenvalue weighted by molar-refractivity contribution is 7.91. The van der Waals surface area contributed by atoms with E-state index in [2.05, 4.69) is 10.6 Å². The topological polar surface area (TPSA) is 78.5 Å². The van der Waals surface area contributed by atoms with Crippen molar-refractivity contribution in [2.75, 3.05) is 19.4 Å². The number of sulfonamides is 1. The van der Waals surface area contributed by atoms with Crippen LogP contribution in [-0.4, -0.2) is 32.8 Å². The van der Waals surface area contributed by atoms with Crippen LogP contribution in [0.3, 0.4) is 0 Å². The van der Waals surface area contributed by atoms with E-state index in [1.54, 1.807) is 18.2 Å². The van der Waals surface area contributed by atoms with Gasteiger partial charge in [0.1, 0.15) is 4.21 Å². The molecule has 0 saturated carbocycles. The van der Waals surface area contributed by atoms with Crippen LogP contribution in [0.1, 0.15) is 10.4 Å². The molecule has 2 amide bonds. The Morgan fingerprint density at radius 1 is 1.22 bits per heavy atom. The van der Waals surface area contributed by atoms with Crippen molar-refractivity contribution >= 4 is 33.1 Å². The maximum absolute atomic E-state index is 12.0. The lowest BCUT2D eigenvalue weighted by molar-refractivity contribution is 0.252. The Labute approximate surface area is 140 Å². The number of amides is 2. The van der Waals surface area contributed by atoms with E-state index in [0.29, 0.717) is 5.69 Å². The zero-order chi connectivity index (χ0) is 17.0. The summed E-state index contributed by atoms with van der Waals surface area (Å²) in [6, 6.07) is 10.4. The van der Waals surface area contributed by atoms with Gasteiger partial charge in [-0.25, -0.2) is 17.5 Å². The van der Waals surface area contributed by atoms with Crippen molar-refractivity contribution in [3.63, 3.8) is 0 Å². The lowest BCUT2D eigenvalue weighted by Gasteiger charge is -2.08. The number of nitrogens with one attached hydrogen (secondary N) is 2. The molecule has 0 aliphatic rings. The van der Waals surface area contributed by atoms with Crippen LogP contribution in [0.25, 0.3) is 0 Å². The molecule has 0 radical (unpaired) electrons. The number of aryl methyl sites for hydroxylation is 1. The number of anilines is 1. The smallest absolute Gasteiger partial charge is 0.319 e. The minimum absolute atomic E-state index is 0.262. The Morgan fingerprint density at radius 2 is 1.96 bits per heavy atom. The van der Waals surface area contributed by atoms with Crippen LogP contribution in [-0.2, 0) is 16.6 Å². The highest BCUT2D eigenvalue weighted by Gasteiger charge is 2.19. The first-order chi connectivity index (χ1) is 10.8. The Bertz CT molecular complexity index is 798. The zero-order valence-corrected chi connectivity index (χ0v) is 14.8. The highest BCUT2D eigenvalue weighted by Crippen LogP contribution is 2.23. The van der Waals surface area contributed by atoms with Gasteiger partial charge in [0.2, 0.25) is 0 Å². The third-order valence-corrected chi connectivity index (χ3v) is 6.44. The summed E-state index contributed by atoms with van der Waals surface area (Å²) in [4.78, 5) is 12.6. The average Bonchev–Trinajstić information content (AvgIpc) is 2.94. The molecule has 0 unspecified atom stereocenters. The van der Waals surface area contributed by atoms with Crippen LogP contribution >= 0.6 is 11.3 Å². The number of urea groups is 1. The average molecular weight is 353 g/mol. The number of thiophene rings is 1. The molecule has 1 heterocycles. The Balaban J connectivity index is 1.94. The standard InChI is InChI=1S/C15H19N3O3S2/c1-11-5-4-6-12(9-11)17-15(19)16-10-13-7-8-14(22-13)23(20,21)18(2)3/h4-9H,10H2,1-3H3,(H2,16,17,19). The molecule has 1 aromatic carbocycles. The van der Waals surface area contributed by atoms with E-state index in [1.807, 2.05) is 25.1 Å². The predicted molar refractivity (Wildman–Crippen MR) is 92.2 cm³/mol. The molecule has 0 aliphatic heterocycles. The molecule has 0 fully saturated rings. The predicted octanol–water partition coefficient (Wildman–Crippen LogP) is 2.63. The van der Waals surface area contributed by atoms with Gasteiger partial charge in [0, 0.05) is 24.7 Å². The Morgan fingerprint density at radius 3 is 2.61 bits per heavy atom. The molecule has 2 aromatic rings. The molecular formula is C15H19N3O3S2.